The Kier molecular flexibility index (Phi) is 5.47. The van der Waals surface area contributed by atoms with Gasteiger partial charge in [0.2, 0.25) is 0 Å². The third-order valence-electron chi connectivity index (χ3n) is 7.39. The Morgan fingerprint density at radius 2 is 1.89 bits per heavy atom. The van der Waals surface area contributed by atoms with E-state index in [2.05, 4.69) is 30.4 Å². The summed E-state index contributed by atoms with van der Waals surface area (Å²) in [6, 6.07) is 6.63. The number of hydrogen-bond acceptors (Lipinski definition) is 8. The number of fused-ring (bicyclic) bond motifs is 2. The lowest BCUT2D eigenvalue weighted by Gasteiger charge is -2.45. The Morgan fingerprint density at radius 3 is 2.54 bits per heavy atom. The van der Waals surface area contributed by atoms with E-state index < -0.39 is 11.5 Å². The van der Waals surface area contributed by atoms with E-state index in [1.165, 1.54) is 32.4 Å². The minimum atomic E-state index is -0.649. The zero-order valence-corrected chi connectivity index (χ0v) is 19.6. The summed E-state index contributed by atoms with van der Waals surface area (Å²) in [4.78, 5) is 22.5. The van der Waals surface area contributed by atoms with Crippen LogP contribution in [-0.4, -0.2) is 54.0 Å². The molecule has 0 amide bonds. The second-order valence-electron chi connectivity index (χ2n) is 9.96. The third kappa shape index (κ3) is 4.27. The van der Waals surface area contributed by atoms with Gasteiger partial charge in [0.05, 0.1) is 11.8 Å². The Morgan fingerprint density at radius 1 is 1.11 bits per heavy atom. The van der Waals surface area contributed by atoms with Crippen molar-refractivity contribution in [2.45, 2.75) is 69.1 Å². The van der Waals surface area contributed by atoms with Crippen molar-refractivity contribution in [1.82, 2.24) is 30.0 Å². The molecule has 0 radical (unpaired) electrons. The zero-order chi connectivity index (χ0) is 24.1. The van der Waals surface area contributed by atoms with Crippen LogP contribution in [0.4, 0.5) is 10.2 Å². The first-order valence-corrected chi connectivity index (χ1v) is 12.3. The molecule has 2 aromatic heterocycles. The van der Waals surface area contributed by atoms with E-state index in [9.17, 15) is 14.3 Å². The van der Waals surface area contributed by atoms with E-state index in [0.717, 1.165) is 42.3 Å². The first-order valence-electron chi connectivity index (χ1n) is 12.3. The molecule has 1 aromatic carbocycles. The average molecular weight is 478 g/mol. The monoisotopic (exact) mass is 477 g/mol. The molecular formula is C25H28FN7O2. The quantitative estimate of drug-likeness (QED) is 0.578. The lowest BCUT2D eigenvalue weighted by Crippen LogP contribution is -2.55. The molecule has 2 saturated heterocycles. The number of phenolic OH excluding ortho intramolecular Hbond substituents is 1. The molecule has 1 aliphatic carbocycles. The summed E-state index contributed by atoms with van der Waals surface area (Å²) < 4.78 is 15.4. The third-order valence-corrected chi connectivity index (χ3v) is 7.39. The highest BCUT2D eigenvalue weighted by Gasteiger charge is 2.40. The Labute approximate surface area is 202 Å². The Hall–Kier alpha value is -3.40. The van der Waals surface area contributed by atoms with Crippen LogP contribution in [-0.2, 0) is 7.05 Å². The topological polar surface area (TPSA) is 109 Å². The number of hydrogen-bond donors (Lipinski definition) is 2. The lowest BCUT2D eigenvalue weighted by atomic mass is 9.83. The molecule has 3 fully saturated rings. The van der Waals surface area contributed by atoms with Crippen molar-refractivity contribution in [1.29, 1.82) is 0 Å². The van der Waals surface area contributed by atoms with Gasteiger partial charge in [0, 0.05) is 43.0 Å². The minimum Gasteiger partial charge on any atom is -0.507 e. The van der Waals surface area contributed by atoms with E-state index in [1.807, 2.05) is 0 Å². The molecule has 4 heterocycles. The van der Waals surface area contributed by atoms with Crippen LogP contribution in [0.2, 0.25) is 0 Å². The number of aryl methyl sites for hydroxylation is 1. The summed E-state index contributed by atoms with van der Waals surface area (Å²) in [7, 11) is 1.43. The van der Waals surface area contributed by atoms with Crippen LogP contribution in [0.25, 0.3) is 22.6 Å². The molecule has 1 unspecified atom stereocenters. The molecule has 6 rings (SSSR count). The number of nitrogens with one attached hydrogen (secondary N) is 1. The second kappa shape index (κ2) is 8.67. The Bertz CT molecular complexity index is 1300. The number of nitrogens with zero attached hydrogens (tertiary/aromatic N) is 6. The number of aromatic nitrogens is 5. The predicted octanol–water partition coefficient (Wildman–Crippen LogP) is 2.79. The van der Waals surface area contributed by atoms with Crippen molar-refractivity contribution in [2.75, 3.05) is 4.90 Å². The number of anilines is 1. The van der Waals surface area contributed by atoms with Crippen molar-refractivity contribution in [2.24, 2.45) is 7.05 Å². The molecule has 35 heavy (non-hydrogen) atoms. The van der Waals surface area contributed by atoms with E-state index in [4.69, 9.17) is 0 Å². The molecule has 3 aliphatic rings. The van der Waals surface area contributed by atoms with Crippen molar-refractivity contribution >= 4 is 5.82 Å². The van der Waals surface area contributed by atoms with Gasteiger partial charge in [-0.15, -0.1) is 10.2 Å². The van der Waals surface area contributed by atoms with Gasteiger partial charge in [0.15, 0.2) is 17.5 Å². The minimum absolute atomic E-state index is 0.115. The maximum atomic E-state index is 14.3. The fraction of sp³-hybridized carbons (Fsp3) is 0.480. The fourth-order valence-corrected chi connectivity index (χ4v) is 5.58. The van der Waals surface area contributed by atoms with Gasteiger partial charge in [0.1, 0.15) is 11.4 Å². The van der Waals surface area contributed by atoms with Crippen LogP contribution in [0.1, 0.15) is 44.9 Å². The number of benzene rings is 1. The molecule has 182 valence electrons. The normalized spacial score (nSPS) is 23.8. The SMILES string of the molecule is Cn1cc(F)c(-c2ccc(-c3ncc(N(C4CC4)C4C[C@H]5CCC[C@@H](C4)N5)nn3)c(O)c2)nc1=O. The number of rotatable bonds is 5. The first kappa shape index (κ1) is 22.1. The van der Waals surface area contributed by atoms with Crippen LogP contribution >= 0.6 is 0 Å². The van der Waals surface area contributed by atoms with Gasteiger partial charge in [-0.05, 0) is 50.7 Å². The molecule has 1 saturated carbocycles. The summed E-state index contributed by atoms with van der Waals surface area (Å²) in [5.74, 6) is 0.282. The summed E-state index contributed by atoms with van der Waals surface area (Å²) in [6.45, 7) is 0. The van der Waals surface area contributed by atoms with Crippen LogP contribution in [0.5, 0.6) is 5.75 Å². The van der Waals surface area contributed by atoms with Crippen molar-refractivity contribution < 1.29 is 9.50 Å². The second-order valence-corrected chi connectivity index (χ2v) is 9.96. The molecule has 3 atom stereocenters. The van der Waals surface area contributed by atoms with Crippen molar-refractivity contribution in [3.63, 3.8) is 0 Å². The largest absolute Gasteiger partial charge is 0.507 e. The summed E-state index contributed by atoms with van der Waals surface area (Å²) in [5.41, 5.74) is -0.0179. The van der Waals surface area contributed by atoms with E-state index >= 15 is 0 Å². The molecular weight excluding hydrogens is 449 g/mol. The van der Waals surface area contributed by atoms with Crippen molar-refractivity contribution in [3.8, 4) is 28.4 Å². The summed E-state index contributed by atoms with van der Waals surface area (Å²) in [5, 5.41) is 23.2. The summed E-state index contributed by atoms with van der Waals surface area (Å²) >= 11 is 0. The first-order chi connectivity index (χ1) is 17.0. The van der Waals surface area contributed by atoms with Crippen LogP contribution in [0, 0.1) is 5.82 Å². The predicted molar refractivity (Wildman–Crippen MR) is 128 cm³/mol. The van der Waals surface area contributed by atoms with Crippen molar-refractivity contribution in [3.05, 3.63) is 46.9 Å². The number of piperidine rings is 2. The molecule has 10 heteroatoms. The standard InChI is InChI=1S/C25H28FN7O2/c1-32-13-20(26)23(29-25(32)35)14-5-8-19(21(34)9-14)24-27-12-22(30-31-24)33(17-6-7-17)18-10-15-3-2-4-16(11-18)28-15/h5,8-9,12-13,15-18,28,34H,2-4,6-7,10-11H2,1H3/t15-,16+,18?. The molecule has 2 N–H and O–H groups in total. The van der Waals surface area contributed by atoms with Crippen LogP contribution < -0.4 is 15.9 Å². The van der Waals surface area contributed by atoms with Gasteiger partial charge >= 0.3 is 5.69 Å². The van der Waals surface area contributed by atoms with Gasteiger partial charge in [-0.25, -0.2) is 14.2 Å². The van der Waals surface area contributed by atoms with E-state index in [-0.39, 0.29) is 17.3 Å². The van der Waals surface area contributed by atoms with Gasteiger partial charge in [0.25, 0.3) is 0 Å². The van der Waals surface area contributed by atoms with E-state index in [0.29, 0.717) is 35.3 Å². The number of phenols is 1. The number of aromatic hydroxyl groups is 1. The maximum Gasteiger partial charge on any atom is 0.348 e. The highest BCUT2D eigenvalue weighted by molar-refractivity contribution is 5.71. The smallest absolute Gasteiger partial charge is 0.348 e. The molecule has 0 spiro atoms. The highest BCUT2D eigenvalue weighted by atomic mass is 19.1. The molecule has 9 nitrogen and oxygen atoms in total. The molecule has 2 bridgehead atoms. The fourth-order valence-electron chi connectivity index (χ4n) is 5.58. The number of halogens is 1. The average Bonchev–Trinajstić information content (AvgIpc) is 3.67. The molecule has 3 aromatic rings. The maximum absolute atomic E-state index is 14.3. The summed E-state index contributed by atoms with van der Waals surface area (Å²) in [6.07, 6.45) is 11.2. The molecule has 2 aliphatic heterocycles. The van der Waals surface area contributed by atoms with Gasteiger partial charge in [-0.2, -0.15) is 4.98 Å². The van der Waals surface area contributed by atoms with Gasteiger partial charge < -0.3 is 15.3 Å². The van der Waals surface area contributed by atoms with Crippen LogP contribution in [0.15, 0.2) is 35.4 Å². The van der Waals surface area contributed by atoms with Crippen LogP contribution in [0.3, 0.4) is 0 Å². The highest BCUT2D eigenvalue weighted by Crippen LogP contribution is 2.38. The van der Waals surface area contributed by atoms with E-state index in [1.54, 1.807) is 18.3 Å². The zero-order valence-electron chi connectivity index (χ0n) is 19.6. The van der Waals surface area contributed by atoms with Gasteiger partial charge in [-0.3, -0.25) is 4.57 Å². The Balaban J connectivity index is 1.26. The lowest BCUT2D eigenvalue weighted by molar-refractivity contribution is 0.215. The van der Waals surface area contributed by atoms with Gasteiger partial charge in [-0.1, -0.05) is 12.5 Å².